The van der Waals surface area contributed by atoms with Gasteiger partial charge in [0, 0.05) is 19.3 Å². The van der Waals surface area contributed by atoms with Crippen molar-refractivity contribution in [2.45, 2.75) is 26.3 Å². The van der Waals surface area contributed by atoms with Crippen LogP contribution in [0.5, 0.6) is 0 Å². The number of halogens is 1. The monoisotopic (exact) mass is 281 g/mol. The van der Waals surface area contributed by atoms with Gasteiger partial charge < -0.3 is 9.51 Å². The van der Waals surface area contributed by atoms with Crippen LogP contribution in [-0.2, 0) is 6.54 Å². The van der Waals surface area contributed by atoms with Crippen molar-refractivity contribution in [3.05, 3.63) is 35.2 Å². The Kier molecular flexibility index (Phi) is 5.19. The van der Waals surface area contributed by atoms with Gasteiger partial charge in [0.1, 0.15) is 5.65 Å². The maximum Gasteiger partial charge on any atom is 0.152 e. The average molecular weight is 282 g/mol. The van der Waals surface area contributed by atoms with Crippen LogP contribution in [0.4, 0.5) is 0 Å². The molecule has 0 atom stereocenters. The van der Waals surface area contributed by atoms with Gasteiger partial charge in [-0.15, -0.1) is 0 Å². The quantitative estimate of drug-likeness (QED) is 0.848. The molecule has 0 aromatic carbocycles. The molecule has 0 saturated heterocycles. The summed E-state index contributed by atoms with van der Waals surface area (Å²) in [6.45, 7) is 4.67. The lowest BCUT2D eigenvalue weighted by Crippen LogP contribution is -2.28. The highest BCUT2D eigenvalue weighted by Crippen LogP contribution is 2.19. The van der Waals surface area contributed by atoms with Crippen LogP contribution >= 0.6 is 11.6 Å². The standard InChI is InChI=1S/C14H20ClN3O/c1-2-3-7-17(9-10-19)11-12-14(15)16-13-6-4-5-8-18(12)13/h4-6,8,19H,2-3,7,9-11H2,1H3. The molecule has 0 aliphatic carbocycles. The van der Waals surface area contributed by atoms with Crippen molar-refractivity contribution in [3.63, 3.8) is 0 Å². The number of aromatic nitrogens is 2. The molecular formula is C14H20ClN3O. The van der Waals surface area contributed by atoms with Crippen molar-refractivity contribution in [1.82, 2.24) is 14.3 Å². The molecule has 104 valence electrons. The van der Waals surface area contributed by atoms with Crippen LogP contribution in [-0.4, -0.2) is 39.1 Å². The highest BCUT2D eigenvalue weighted by atomic mass is 35.5. The summed E-state index contributed by atoms with van der Waals surface area (Å²) in [6.07, 6.45) is 4.23. The second kappa shape index (κ2) is 6.89. The number of rotatable bonds is 7. The maximum atomic E-state index is 9.15. The second-order valence-electron chi connectivity index (χ2n) is 4.63. The molecule has 0 bridgehead atoms. The van der Waals surface area contributed by atoms with E-state index in [1.165, 1.54) is 0 Å². The van der Waals surface area contributed by atoms with Gasteiger partial charge in [0.05, 0.1) is 12.3 Å². The molecule has 2 rings (SSSR count). The summed E-state index contributed by atoms with van der Waals surface area (Å²) >= 11 is 6.22. The van der Waals surface area contributed by atoms with Crippen molar-refractivity contribution in [1.29, 1.82) is 0 Å². The van der Waals surface area contributed by atoms with Gasteiger partial charge in [-0.05, 0) is 25.1 Å². The van der Waals surface area contributed by atoms with Crippen LogP contribution < -0.4 is 0 Å². The molecule has 0 aliphatic heterocycles. The summed E-state index contributed by atoms with van der Waals surface area (Å²) in [4.78, 5) is 6.56. The number of pyridine rings is 1. The molecule has 19 heavy (non-hydrogen) atoms. The summed E-state index contributed by atoms with van der Waals surface area (Å²) < 4.78 is 2.01. The third kappa shape index (κ3) is 3.47. The number of imidazole rings is 1. The van der Waals surface area contributed by atoms with Gasteiger partial charge in [-0.25, -0.2) is 4.98 Å². The van der Waals surface area contributed by atoms with E-state index in [1.54, 1.807) is 0 Å². The fraction of sp³-hybridized carbons (Fsp3) is 0.500. The van der Waals surface area contributed by atoms with Gasteiger partial charge in [0.25, 0.3) is 0 Å². The first kappa shape index (κ1) is 14.3. The summed E-state index contributed by atoms with van der Waals surface area (Å²) in [5, 5.41) is 9.70. The van der Waals surface area contributed by atoms with E-state index >= 15 is 0 Å². The molecule has 2 aromatic rings. The minimum Gasteiger partial charge on any atom is -0.395 e. The molecule has 1 N–H and O–H groups in total. The number of unbranched alkanes of at least 4 members (excludes halogenated alkanes) is 1. The highest BCUT2D eigenvalue weighted by molar-refractivity contribution is 6.30. The summed E-state index contributed by atoms with van der Waals surface area (Å²) in [6, 6.07) is 5.86. The first-order valence-corrected chi connectivity index (χ1v) is 7.08. The van der Waals surface area contributed by atoms with Crippen LogP contribution in [0.1, 0.15) is 25.5 Å². The maximum absolute atomic E-state index is 9.15. The molecule has 0 spiro atoms. The minimum absolute atomic E-state index is 0.165. The van der Waals surface area contributed by atoms with Gasteiger partial charge in [-0.3, -0.25) is 4.90 Å². The number of hydrogen-bond acceptors (Lipinski definition) is 3. The van der Waals surface area contributed by atoms with Crippen LogP contribution in [0.3, 0.4) is 0 Å². The zero-order chi connectivity index (χ0) is 13.7. The molecule has 0 saturated carbocycles. The Bertz CT molecular complexity index is 526. The van der Waals surface area contributed by atoms with Crippen LogP contribution in [0.15, 0.2) is 24.4 Å². The van der Waals surface area contributed by atoms with Crippen molar-refractivity contribution in [2.75, 3.05) is 19.7 Å². The lowest BCUT2D eigenvalue weighted by Gasteiger charge is -2.20. The average Bonchev–Trinajstić information content (AvgIpc) is 2.73. The van der Waals surface area contributed by atoms with E-state index in [4.69, 9.17) is 16.7 Å². The molecule has 2 heterocycles. The normalized spacial score (nSPS) is 11.6. The topological polar surface area (TPSA) is 40.8 Å². The molecule has 2 aromatic heterocycles. The van der Waals surface area contributed by atoms with Crippen molar-refractivity contribution < 1.29 is 5.11 Å². The molecule has 0 radical (unpaired) electrons. The lowest BCUT2D eigenvalue weighted by atomic mass is 10.3. The van der Waals surface area contributed by atoms with Crippen LogP contribution in [0, 0.1) is 0 Å². The SMILES string of the molecule is CCCCN(CCO)Cc1c(Cl)nc2ccccn12. The summed E-state index contributed by atoms with van der Waals surface area (Å²) in [7, 11) is 0. The Labute approximate surface area is 118 Å². The van der Waals surface area contributed by atoms with E-state index in [0.717, 1.165) is 30.7 Å². The first-order valence-electron chi connectivity index (χ1n) is 6.71. The fourth-order valence-electron chi connectivity index (χ4n) is 2.16. The first-order chi connectivity index (χ1) is 9.26. The van der Waals surface area contributed by atoms with E-state index in [0.29, 0.717) is 18.2 Å². The predicted molar refractivity (Wildman–Crippen MR) is 77.5 cm³/mol. The Morgan fingerprint density at radius 3 is 2.95 bits per heavy atom. The van der Waals surface area contributed by atoms with Gasteiger partial charge in [0.15, 0.2) is 5.15 Å². The fourth-order valence-corrected chi connectivity index (χ4v) is 2.40. The molecule has 0 fully saturated rings. The van der Waals surface area contributed by atoms with Crippen molar-refractivity contribution in [3.8, 4) is 0 Å². The number of aliphatic hydroxyl groups excluding tert-OH is 1. The van der Waals surface area contributed by atoms with Gasteiger partial charge >= 0.3 is 0 Å². The van der Waals surface area contributed by atoms with Crippen molar-refractivity contribution in [2.24, 2.45) is 0 Å². The van der Waals surface area contributed by atoms with E-state index < -0.39 is 0 Å². The second-order valence-corrected chi connectivity index (χ2v) is 4.99. The van der Waals surface area contributed by atoms with E-state index in [2.05, 4.69) is 16.8 Å². The molecule has 0 amide bonds. The Balaban J connectivity index is 2.20. The Morgan fingerprint density at radius 2 is 2.21 bits per heavy atom. The minimum atomic E-state index is 0.165. The smallest absolute Gasteiger partial charge is 0.152 e. The highest BCUT2D eigenvalue weighted by Gasteiger charge is 2.13. The Hall–Kier alpha value is -1.10. The van der Waals surface area contributed by atoms with E-state index in [-0.39, 0.29) is 6.61 Å². The predicted octanol–water partition coefficient (Wildman–Crippen LogP) is 2.58. The van der Waals surface area contributed by atoms with E-state index in [9.17, 15) is 0 Å². The van der Waals surface area contributed by atoms with Crippen molar-refractivity contribution >= 4 is 17.2 Å². The van der Waals surface area contributed by atoms with E-state index in [1.807, 2.05) is 28.8 Å². The molecule has 5 heteroatoms. The number of nitrogens with zero attached hydrogens (tertiary/aromatic N) is 3. The van der Waals surface area contributed by atoms with Gasteiger partial charge in [0.2, 0.25) is 0 Å². The molecule has 4 nitrogen and oxygen atoms in total. The summed E-state index contributed by atoms with van der Waals surface area (Å²) in [5.41, 5.74) is 1.85. The third-order valence-corrected chi connectivity index (χ3v) is 3.50. The van der Waals surface area contributed by atoms with Crippen LogP contribution in [0.2, 0.25) is 5.15 Å². The molecule has 0 aliphatic rings. The molecule has 0 unspecified atom stereocenters. The zero-order valence-corrected chi connectivity index (χ0v) is 12.0. The number of aliphatic hydroxyl groups is 1. The largest absolute Gasteiger partial charge is 0.395 e. The number of hydrogen-bond donors (Lipinski definition) is 1. The lowest BCUT2D eigenvalue weighted by molar-refractivity contribution is 0.186. The summed E-state index contributed by atoms with van der Waals surface area (Å²) in [5.74, 6) is 0. The van der Waals surface area contributed by atoms with Gasteiger partial charge in [-0.2, -0.15) is 0 Å². The number of fused-ring (bicyclic) bond motifs is 1. The molecular weight excluding hydrogens is 262 g/mol. The zero-order valence-electron chi connectivity index (χ0n) is 11.2. The van der Waals surface area contributed by atoms with Crippen LogP contribution in [0.25, 0.3) is 5.65 Å². The third-order valence-electron chi connectivity index (χ3n) is 3.20. The Morgan fingerprint density at radius 1 is 1.37 bits per heavy atom. The van der Waals surface area contributed by atoms with Gasteiger partial charge in [-0.1, -0.05) is 31.0 Å².